The third-order valence-electron chi connectivity index (χ3n) is 6.02. The van der Waals surface area contributed by atoms with E-state index in [9.17, 15) is 26.3 Å². The highest BCUT2D eigenvalue weighted by Crippen LogP contribution is 2.34. The van der Waals surface area contributed by atoms with Crippen LogP contribution in [0.25, 0.3) is 0 Å². The molecular formula is C32H33ClF6N2. The number of hydrogen-bond donors (Lipinski definition) is 1. The standard InChI is InChI=1S/C22H20ClF3N2.C8H7F3.C2H6/c1-21(20-9-5-6-12-27-20,14-16-7-3-2-4-8-16)28-15-17-13-18(23)10-11-19(17)22(24,25)26;1-6-3-2-4-7(5-6)8(9,10)11;1-2/h2-13,28H,14-15H2,1H3;2-5H,1H3;1-2H3. The Balaban J connectivity index is 0.000000378. The van der Waals surface area contributed by atoms with E-state index in [0.29, 0.717) is 12.0 Å². The minimum atomic E-state index is -4.44. The van der Waals surface area contributed by atoms with Gasteiger partial charge < -0.3 is 5.32 Å². The van der Waals surface area contributed by atoms with Crippen molar-refractivity contribution in [1.29, 1.82) is 0 Å². The van der Waals surface area contributed by atoms with Crippen molar-refractivity contribution in [2.75, 3.05) is 0 Å². The Labute approximate surface area is 242 Å². The number of nitrogens with zero attached hydrogens (tertiary/aromatic N) is 1. The zero-order chi connectivity index (χ0) is 30.7. The second kappa shape index (κ2) is 15.0. The van der Waals surface area contributed by atoms with E-state index < -0.39 is 29.0 Å². The Bertz CT molecular complexity index is 1340. The smallest absolute Gasteiger partial charge is 0.302 e. The molecule has 0 fully saturated rings. The summed E-state index contributed by atoms with van der Waals surface area (Å²) in [7, 11) is 0. The molecule has 4 aromatic rings. The van der Waals surface area contributed by atoms with Crippen molar-refractivity contribution in [3.8, 4) is 0 Å². The zero-order valence-electron chi connectivity index (χ0n) is 23.2. The molecule has 0 radical (unpaired) electrons. The van der Waals surface area contributed by atoms with Crippen molar-refractivity contribution in [2.45, 2.75) is 58.6 Å². The number of halogens is 7. The van der Waals surface area contributed by atoms with Crippen LogP contribution in [0.3, 0.4) is 0 Å². The molecular weight excluding hydrogens is 562 g/mol. The number of hydrogen-bond acceptors (Lipinski definition) is 2. The molecule has 220 valence electrons. The minimum Gasteiger partial charge on any atom is -0.302 e. The number of benzene rings is 3. The molecule has 0 amide bonds. The van der Waals surface area contributed by atoms with Gasteiger partial charge in [0.1, 0.15) is 0 Å². The zero-order valence-corrected chi connectivity index (χ0v) is 24.0. The summed E-state index contributed by atoms with van der Waals surface area (Å²) in [6.07, 6.45) is -6.40. The number of alkyl halides is 6. The fraction of sp³-hybridized carbons (Fsp3) is 0.281. The SMILES string of the molecule is CC.CC(Cc1ccccc1)(NCc1cc(Cl)ccc1C(F)(F)F)c1ccccn1.Cc1cccc(C(F)(F)F)c1. The van der Waals surface area contributed by atoms with E-state index in [4.69, 9.17) is 11.6 Å². The van der Waals surface area contributed by atoms with Crippen molar-refractivity contribution in [3.63, 3.8) is 0 Å². The van der Waals surface area contributed by atoms with Gasteiger partial charge >= 0.3 is 12.4 Å². The summed E-state index contributed by atoms with van der Waals surface area (Å²) in [6.45, 7) is 7.59. The Hall–Kier alpha value is -3.36. The molecule has 0 saturated heterocycles. The van der Waals surface area contributed by atoms with Crippen LogP contribution in [0, 0.1) is 6.92 Å². The van der Waals surface area contributed by atoms with Crippen LogP contribution in [-0.2, 0) is 30.9 Å². The van der Waals surface area contributed by atoms with Crippen LogP contribution in [0.15, 0.2) is 97.2 Å². The van der Waals surface area contributed by atoms with Crippen molar-refractivity contribution < 1.29 is 26.3 Å². The number of nitrogens with one attached hydrogen (secondary N) is 1. The molecule has 4 rings (SSSR count). The molecule has 0 aliphatic carbocycles. The third-order valence-corrected chi connectivity index (χ3v) is 6.25. The maximum atomic E-state index is 13.4. The lowest BCUT2D eigenvalue weighted by molar-refractivity contribution is -0.138. The lowest BCUT2D eigenvalue weighted by Crippen LogP contribution is -2.42. The van der Waals surface area contributed by atoms with Crippen molar-refractivity contribution in [3.05, 3.63) is 136 Å². The molecule has 1 aromatic heterocycles. The van der Waals surface area contributed by atoms with Crippen LogP contribution in [0.1, 0.15) is 54.3 Å². The molecule has 1 N–H and O–H groups in total. The van der Waals surface area contributed by atoms with Crippen LogP contribution in [-0.4, -0.2) is 4.98 Å². The summed E-state index contributed by atoms with van der Waals surface area (Å²) in [5.74, 6) is 0. The van der Waals surface area contributed by atoms with E-state index in [2.05, 4.69) is 10.3 Å². The average Bonchev–Trinajstić information content (AvgIpc) is 2.93. The predicted molar refractivity (Wildman–Crippen MR) is 153 cm³/mol. The Kier molecular flexibility index (Phi) is 12.4. The Morgan fingerprint density at radius 1 is 0.756 bits per heavy atom. The van der Waals surface area contributed by atoms with E-state index in [1.54, 1.807) is 19.2 Å². The van der Waals surface area contributed by atoms with E-state index >= 15 is 0 Å². The van der Waals surface area contributed by atoms with Gasteiger partial charge in [-0.1, -0.05) is 85.6 Å². The molecule has 2 nitrogen and oxygen atoms in total. The molecule has 0 aliphatic heterocycles. The van der Waals surface area contributed by atoms with Gasteiger partial charge in [-0.25, -0.2) is 0 Å². The second-order valence-corrected chi connectivity index (χ2v) is 9.67. The van der Waals surface area contributed by atoms with Gasteiger partial charge in [0.2, 0.25) is 0 Å². The number of aryl methyl sites for hydroxylation is 1. The van der Waals surface area contributed by atoms with Gasteiger partial charge in [-0.2, -0.15) is 26.3 Å². The number of aromatic nitrogens is 1. The molecule has 0 saturated carbocycles. The summed E-state index contributed by atoms with van der Waals surface area (Å²) >= 11 is 5.96. The highest BCUT2D eigenvalue weighted by atomic mass is 35.5. The highest BCUT2D eigenvalue weighted by Gasteiger charge is 2.35. The van der Waals surface area contributed by atoms with E-state index in [0.717, 1.165) is 29.5 Å². The second-order valence-electron chi connectivity index (χ2n) is 9.23. The fourth-order valence-electron chi connectivity index (χ4n) is 4.03. The number of rotatable bonds is 6. The summed E-state index contributed by atoms with van der Waals surface area (Å²) in [6, 6.07) is 24.2. The lowest BCUT2D eigenvalue weighted by Gasteiger charge is -2.31. The van der Waals surface area contributed by atoms with Gasteiger partial charge in [0.25, 0.3) is 0 Å². The van der Waals surface area contributed by atoms with Crippen LogP contribution in [0.4, 0.5) is 26.3 Å². The largest absolute Gasteiger partial charge is 0.416 e. The molecule has 1 heterocycles. The summed E-state index contributed by atoms with van der Waals surface area (Å²) in [4.78, 5) is 4.44. The maximum Gasteiger partial charge on any atom is 0.416 e. The first-order valence-electron chi connectivity index (χ1n) is 13.0. The molecule has 3 aromatic carbocycles. The topological polar surface area (TPSA) is 24.9 Å². The first-order chi connectivity index (χ1) is 19.3. The quantitative estimate of drug-likeness (QED) is 0.225. The van der Waals surface area contributed by atoms with Crippen molar-refractivity contribution >= 4 is 11.6 Å². The molecule has 0 bridgehead atoms. The molecule has 0 spiro atoms. The van der Waals surface area contributed by atoms with Crippen LogP contribution in [0.2, 0.25) is 5.02 Å². The highest BCUT2D eigenvalue weighted by molar-refractivity contribution is 6.30. The van der Waals surface area contributed by atoms with Gasteiger partial charge in [0.15, 0.2) is 0 Å². The van der Waals surface area contributed by atoms with Crippen molar-refractivity contribution in [1.82, 2.24) is 10.3 Å². The Morgan fingerprint density at radius 3 is 1.95 bits per heavy atom. The van der Waals surface area contributed by atoms with E-state index in [-0.39, 0.29) is 17.1 Å². The van der Waals surface area contributed by atoms with Gasteiger partial charge in [-0.05, 0) is 67.8 Å². The monoisotopic (exact) mass is 594 g/mol. The summed E-state index contributed by atoms with van der Waals surface area (Å²) in [5, 5.41) is 3.57. The summed E-state index contributed by atoms with van der Waals surface area (Å²) < 4.78 is 76.1. The van der Waals surface area contributed by atoms with Gasteiger partial charge in [-0.3, -0.25) is 4.98 Å². The predicted octanol–water partition coefficient (Wildman–Crippen LogP) is 10.0. The van der Waals surface area contributed by atoms with Crippen LogP contribution < -0.4 is 5.32 Å². The average molecular weight is 595 g/mol. The molecule has 9 heteroatoms. The number of pyridine rings is 1. The lowest BCUT2D eigenvalue weighted by atomic mass is 9.88. The molecule has 41 heavy (non-hydrogen) atoms. The molecule has 1 unspecified atom stereocenters. The van der Waals surface area contributed by atoms with Crippen LogP contribution >= 0.6 is 11.6 Å². The Morgan fingerprint density at radius 2 is 1.41 bits per heavy atom. The van der Waals surface area contributed by atoms with Gasteiger partial charge in [0.05, 0.1) is 22.4 Å². The first kappa shape index (κ1) is 33.8. The van der Waals surface area contributed by atoms with Gasteiger partial charge in [0, 0.05) is 17.8 Å². The maximum absolute atomic E-state index is 13.4. The molecule has 1 atom stereocenters. The normalized spacial score (nSPS) is 12.8. The first-order valence-corrected chi connectivity index (χ1v) is 13.4. The van der Waals surface area contributed by atoms with Crippen LogP contribution in [0.5, 0.6) is 0 Å². The third kappa shape index (κ3) is 10.5. The van der Waals surface area contributed by atoms with E-state index in [1.807, 2.05) is 69.3 Å². The summed E-state index contributed by atoms with van der Waals surface area (Å²) in [5.41, 5.74) is 0.619. The molecule has 0 aliphatic rings. The van der Waals surface area contributed by atoms with Gasteiger partial charge in [-0.15, -0.1) is 0 Å². The van der Waals surface area contributed by atoms with Crippen molar-refractivity contribution in [2.24, 2.45) is 0 Å². The fourth-order valence-corrected chi connectivity index (χ4v) is 4.23. The minimum absolute atomic E-state index is 0.00924. The van der Waals surface area contributed by atoms with E-state index in [1.165, 1.54) is 18.2 Å².